The van der Waals surface area contributed by atoms with Gasteiger partial charge in [0, 0.05) is 26.2 Å². The Kier molecular flexibility index (Phi) is 7.61. The molecule has 1 aromatic rings. The number of para-hydroxylation sites is 1. The summed E-state index contributed by atoms with van der Waals surface area (Å²) in [5, 5.41) is 3.40. The van der Waals surface area contributed by atoms with Crippen molar-refractivity contribution in [3.05, 3.63) is 29.8 Å². The monoisotopic (exact) mass is 290 g/mol. The normalized spacial score (nSPS) is 16.0. The number of ether oxygens (including phenoxy) is 1. The first-order valence-electron chi connectivity index (χ1n) is 8.54. The molecular formula is C18H30N2O. The Morgan fingerprint density at radius 3 is 2.71 bits per heavy atom. The smallest absolute Gasteiger partial charge is 0.122 e. The molecule has 1 aromatic carbocycles. The predicted octanol–water partition coefficient (Wildman–Crippen LogP) is 3.09. The molecule has 0 bridgehead atoms. The van der Waals surface area contributed by atoms with Crippen LogP contribution in [0.1, 0.15) is 38.2 Å². The molecule has 0 amide bonds. The van der Waals surface area contributed by atoms with E-state index in [9.17, 15) is 0 Å². The average Bonchev–Trinajstić information content (AvgIpc) is 2.54. The minimum absolute atomic E-state index is 0.842. The number of hydrogen-bond donors (Lipinski definition) is 1. The summed E-state index contributed by atoms with van der Waals surface area (Å²) in [5.74, 6) is 1.09. The Morgan fingerprint density at radius 2 is 1.90 bits per heavy atom. The zero-order chi connectivity index (χ0) is 14.8. The summed E-state index contributed by atoms with van der Waals surface area (Å²) in [4.78, 5) is 2.57. The molecule has 118 valence electrons. The quantitative estimate of drug-likeness (QED) is 0.707. The molecule has 1 heterocycles. The fourth-order valence-electron chi connectivity index (χ4n) is 2.76. The molecule has 0 radical (unpaired) electrons. The third-order valence-corrected chi connectivity index (χ3v) is 4.11. The SMILES string of the molecule is CCCCOc1ccccc1CCCCN1CCNCC1. The van der Waals surface area contributed by atoms with E-state index in [1.165, 1.54) is 44.5 Å². The van der Waals surface area contributed by atoms with Crippen LogP contribution in [0.4, 0.5) is 0 Å². The molecule has 3 nitrogen and oxygen atoms in total. The first-order valence-corrected chi connectivity index (χ1v) is 8.54. The number of piperazine rings is 1. The molecule has 21 heavy (non-hydrogen) atoms. The lowest BCUT2D eigenvalue weighted by Gasteiger charge is -2.27. The van der Waals surface area contributed by atoms with Gasteiger partial charge >= 0.3 is 0 Å². The fraction of sp³-hybridized carbons (Fsp3) is 0.667. The van der Waals surface area contributed by atoms with Crippen LogP contribution in [0.15, 0.2) is 24.3 Å². The van der Waals surface area contributed by atoms with E-state index >= 15 is 0 Å². The standard InChI is InChI=1S/C18H30N2O/c1-2-3-16-21-18-10-5-4-8-17(18)9-6-7-13-20-14-11-19-12-15-20/h4-5,8,10,19H,2-3,6-7,9,11-16H2,1H3. The minimum atomic E-state index is 0.842. The number of hydrogen-bond acceptors (Lipinski definition) is 3. The van der Waals surface area contributed by atoms with Gasteiger partial charge in [-0.05, 0) is 43.9 Å². The highest BCUT2D eigenvalue weighted by atomic mass is 16.5. The van der Waals surface area contributed by atoms with Crippen molar-refractivity contribution in [2.75, 3.05) is 39.3 Å². The van der Waals surface area contributed by atoms with E-state index < -0.39 is 0 Å². The highest BCUT2D eigenvalue weighted by Crippen LogP contribution is 2.20. The van der Waals surface area contributed by atoms with Crippen molar-refractivity contribution in [2.45, 2.75) is 39.0 Å². The summed E-state index contributed by atoms with van der Waals surface area (Å²) in [6.45, 7) is 8.98. The molecule has 2 rings (SSSR count). The lowest BCUT2D eigenvalue weighted by molar-refractivity contribution is 0.236. The Balaban J connectivity index is 1.69. The molecule has 0 atom stereocenters. The predicted molar refractivity (Wildman–Crippen MR) is 89.1 cm³/mol. The highest BCUT2D eigenvalue weighted by molar-refractivity contribution is 5.33. The number of benzene rings is 1. The zero-order valence-electron chi connectivity index (χ0n) is 13.4. The number of nitrogens with zero attached hydrogens (tertiary/aromatic N) is 1. The second-order valence-electron chi connectivity index (χ2n) is 5.86. The van der Waals surface area contributed by atoms with Gasteiger partial charge in [-0.2, -0.15) is 0 Å². The molecule has 1 fully saturated rings. The largest absolute Gasteiger partial charge is 0.493 e. The van der Waals surface area contributed by atoms with Crippen LogP contribution in [-0.4, -0.2) is 44.2 Å². The van der Waals surface area contributed by atoms with Crippen molar-refractivity contribution in [3.63, 3.8) is 0 Å². The van der Waals surface area contributed by atoms with E-state index in [1.54, 1.807) is 0 Å². The lowest BCUT2D eigenvalue weighted by atomic mass is 10.1. The summed E-state index contributed by atoms with van der Waals surface area (Å²) < 4.78 is 5.91. The Labute approximate surface area is 129 Å². The number of unbranched alkanes of at least 4 members (excludes halogenated alkanes) is 2. The van der Waals surface area contributed by atoms with E-state index in [0.29, 0.717) is 0 Å². The molecule has 0 saturated carbocycles. The van der Waals surface area contributed by atoms with Gasteiger partial charge in [0.25, 0.3) is 0 Å². The first kappa shape index (κ1) is 16.3. The molecule has 1 aliphatic heterocycles. The molecule has 1 saturated heterocycles. The second kappa shape index (κ2) is 9.80. The Hall–Kier alpha value is -1.06. The summed E-state index contributed by atoms with van der Waals surface area (Å²) in [7, 11) is 0. The van der Waals surface area contributed by atoms with Gasteiger partial charge in [0.2, 0.25) is 0 Å². The highest BCUT2D eigenvalue weighted by Gasteiger charge is 2.09. The third kappa shape index (κ3) is 6.06. The van der Waals surface area contributed by atoms with Crippen LogP contribution in [0.25, 0.3) is 0 Å². The van der Waals surface area contributed by atoms with E-state index in [-0.39, 0.29) is 0 Å². The summed E-state index contributed by atoms with van der Waals surface area (Å²) in [5.41, 5.74) is 1.37. The van der Waals surface area contributed by atoms with Gasteiger partial charge in [-0.25, -0.2) is 0 Å². The molecule has 0 spiro atoms. The van der Waals surface area contributed by atoms with Gasteiger partial charge in [-0.1, -0.05) is 31.5 Å². The number of rotatable bonds is 9. The van der Waals surface area contributed by atoms with Crippen LogP contribution >= 0.6 is 0 Å². The van der Waals surface area contributed by atoms with Crippen LogP contribution in [0, 0.1) is 0 Å². The molecule has 1 N–H and O–H groups in total. The maximum atomic E-state index is 5.91. The van der Waals surface area contributed by atoms with Crippen LogP contribution in [0.5, 0.6) is 5.75 Å². The first-order chi connectivity index (χ1) is 10.4. The van der Waals surface area contributed by atoms with Crippen LogP contribution < -0.4 is 10.1 Å². The molecule has 0 unspecified atom stereocenters. The molecular weight excluding hydrogens is 260 g/mol. The van der Waals surface area contributed by atoms with Crippen LogP contribution in [0.3, 0.4) is 0 Å². The second-order valence-corrected chi connectivity index (χ2v) is 5.86. The number of nitrogens with one attached hydrogen (secondary N) is 1. The van der Waals surface area contributed by atoms with E-state index in [2.05, 4.69) is 41.4 Å². The van der Waals surface area contributed by atoms with Crippen LogP contribution in [-0.2, 0) is 6.42 Å². The zero-order valence-corrected chi connectivity index (χ0v) is 13.4. The maximum absolute atomic E-state index is 5.91. The fourth-order valence-corrected chi connectivity index (χ4v) is 2.76. The van der Waals surface area contributed by atoms with Gasteiger partial charge in [-0.15, -0.1) is 0 Å². The minimum Gasteiger partial charge on any atom is -0.493 e. The Morgan fingerprint density at radius 1 is 1.10 bits per heavy atom. The van der Waals surface area contributed by atoms with E-state index in [4.69, 9.17) is 4.74 Å². The van der Waals surface area contributed by atoms with Crippen molar-refractivity contribution in [1.29, 1.82) is 0 Å². The van der Waals surface area contributed by atoms with Crippen molar-refractivity contribution in [3.8, 4) is 5.75 Å². The van der Waals surface area contributed by atoms with E-state index in [0.717, 1.165) is 38.3 Å². The van der Waals surface area contributed by atoms with Crippen molar-refractivity contribution in [1.82, 2.24) is 10.2 Å². The lowest BCUT2D eigenvalue weighted by Crippen LogP contribution is -2.43. The molecule has 3 heteroatoms. The van der Waals surface area contributed by atoms with Gasteiger partial charge in [0.05, 0.1) is 6.61 Å². The summed E-state index contributed by atoms with van der Waals surface area (Å²) >= 11 is 0. The van der Waals surface area contributed by atoms with Gasteiger partial charge in [-0.3, -0.25) is 0 Å². The number of aryl methyl sites for hydroxylation is 1. The topological polar surface area (TPSA) is 24.5 Å². The molecule has 0 aliphatic carbocycles. The van der Waals surface area contributed by atoms with Crippen molar-refractivity contribution in [2.24, 2.45) is 0 Å². The van der Waals surface area contributed by atoms with Crippen molar-refractivity contribution >= 4 is 0 Å². The molecule has 0 aromatic heterocycles. The van der Waals surface area contributed by atoms with Gasteiger partial charge in [0.15, 0.2) is 0 Å². The maximum Gasteiger partial charge on any atom is 0.122 e. The van der Waals surface area contributed by atoms with Crippen molar-refractivity contribution < 1.29 is 4.74 Å². The average molecular weight is 290 g/mol. The third-order valence-electron chi connectivity index (χ3n) is 4.11. The Bertz CT molecular complexity index is 389. The van der Waals surface area contributed by atoms with E-state index in [1.807, 2.05) is 0 Å². The van der Waals surface area contributed by atoms with Gasteiger partial charge in [0.1, 0.15) is 5.75 Å². The summed E-state index contributed by atoms with van der Waals surface area (Å²) in [6, 6.07) is 8.53. The van der Waals surface area contributed by atoms with Gasteiger partial charge < -0.3 is 15.0 Å². The summed E-state index contributed by atoms with van der Waals surface area (Å²) in [6.07, 6.45) is 5.99. The van der Waals surface area contributed by atoms with Crippen LogP contribution in [0.2, 0.25) is 0 Å². The molecule has 1 aliphatic rings.